The van der Waals surface area contributed by atoms with E-state index < -0.39 is 0 Å². The van der Waals surface area contributed by atoms with Crippen molar-refractivity contribution in [2.24, 2.45) is 5.73 Å². The Bertz CT molecular complexity index is 774. The second-order valence-corrected chi connectivity index (χ2v) is 8.59. The van der Waals surface area contributed by atoms with Crippen LogP contribution in [-0.2, 0) is 4.74 Å². The zero-order valence-corrected chi connectivity index (χ0v) is 17.8. The van der Waals surface area contributed by atoms with Crippen LogP contribution < -0.4 is 5.73 Å². The molecule has 0 unspecified atom stereocenters. The number of carbonyl (C=O) groups excluding carboxylic acids is 1. The summed E-state index contributed by atoms with van der Waals surface area (Å²) in [5.41, 5.74) is 8.92. The van der Waals surface area contributed by atoms with E-state index in [1.54, 1.807) is 0 Å². The number of fused-ring (bicyclic) bond motifs is 1. The van der Waals surface area contributed by atoms with E-state index in [1.165, 1.54) is 11.1 Å². The van der Waals surface area contributed by atoms with Gasteiger partial charge in [0, 0.05) is 43.7 Å². The molecule has 160 valence electrons. The fourth-order valence-electron chi connectivity index (χ4n) is 5.02. The lowest BCUT2D eigenvalue weighted by molar-refractivity contribution is 0.0293. The molecule has 2 N–H and O–H groups in total. The first-order chi connectivity index (χ1) is 14.7. The lowest BCUT2D eigenvalue weighted by atomic mass is 9.82. The molecule has 0 bridgehead atoms. The van der Waals surface area contributed by atoms with Gasteiger partial charge in [0.1, 0.15) is 0 Å². The van der Waals surface area contributed by atoms with Gasteiger partial charge in [0.15, 0.2) is 0 Å². The maximum atomic E-state index is 12.8. The first-order valence-electron chi connectivity index (χ1n) is 11.2. The predicted molar refractivity (Wildman–Crippen MR) is 119 cm³/mol. The summed E-state index contributed by atoms with van der Waals surface area (Å²) in [4.78, 5) is 17.3. The van der Waals surface area contributed by atoms with Gasteiger partial charge in [-0.1, -0.05) is 74.0 Å². The summed E-state index contributed by atoms with van der Waals surface area (Å²) in [5.74, 6) is 0.173. The van der Waals surface area contributed by atoms with Crippen molar-refractivity contribution in [2.75, 3.05) is 26.2 Å². The van der Waals surface area contributed by atoms with Crippen LogP contribution in [0.2, 0.25) is 0 Å². The average Bonchev–Trinajstić information content (AvgIpc) is 3.16. The molecule has 4 rings (SSSR count). The van der Waals surface area contributed by atoms with E-state index >= 15 is 0 Å². The van der Waals surface area contributed by atoms with Crippen LogP contribution in [0.3, 0.4) is 0 Å². The summed E-state index contributed by atoms with van der Waals surface area (Å²) >= 11 is 0. The molecule has 2 fully saturated rings. The van der Waals surface area contributed by atoms with Gasteiger partial charge in [-0.25, -0.2) is 4.79 Å². The first-order valence-corrected chi connectivity index (χ1v) is 11.2. The number of hydrogen-bond donors (Lipinski definition) is 1. The van der Waals surface area contributed by atoms with Gasteiger partial charge in [0.25, 0.3) is 0 Å². The van der Waals surface area contributed by atoms with Gasteiger partial charge in [-0.15, -0.1) is 0 Å². The van der Waals surface area contributed by atoms with E-state index in [9.17, 15) is 4.79 Å². The van der Waals surface area contributed by atoms with Crippen LogP contribution in [0.1, 0.15) is 43.2 Å². The molecule has 5 nitrogen and oxygen atoms in total. The van der Waals surface area contributed by atoms with Crippen molar-refractivity contribution >= 4 is 6.09 Å². The van der Waals surface area contributed by atoms with Crippen LogP contribution in [0.25, 0.3) is 0 Å². The Kier molecular flexibility index (Phi) is 6.70. The van der Waals surface area contributed by atoms with Gasteiger partial charge in [0.05, 0.1) is 6.61 Å². The minimum absolute atomic E-state index is 0.153. The van der Waals surface area contributed by atoms with Crippen LogP contribution in [0.5, 0.6) is 0 Å². The topological polar surface area (TPSA) is 58.8 Å². The Morgan fingerprint density at radius 3 is 2.27 bits per heavy atom. The lowest BCUT2D eigenvalue weighted by Gasteiger charge is -2.46. The molecule has 2 aromatic carbocycles. The van der Waals surface area contributed by atoms with E-state index in [4.69, 9.17) is 10.5 Å². The average molecular weight is 408 g/mol. The van der Waals surface area contributed by atoms with Crippen LogP contribution in [0.4, 0.5) is 4.79 Å². The highest BCUT2D eigenvalue weighted by Gasteiger charge is 2.45. The maximum Gasteiger partial charge on any atom is 0.409 e. The third-order valence-electron chi connectivity index (χ3n) is 6.44. The van der Waals surface area contributed by atoms with Crippen LogP contribution in [-0.4, -0.2) is 60.3 Å². The number of ether oxygens (including phenoxy) is 1. The van der Waals surface area contributed by atoms with Crippen molar-refractivity contribution in [1.82, 2.24) is 9.80 Å². The van der Waals surface area contributed by atoms with E-state index in [-0.39, 0.29) is 30.1 Å². The molecule has 30 heavy (non-hydrogen) atoms. The van der Waals surface area contributed by atoms with Crippen molar-refractivity contribution in [1.29, 1.82) is 0 Å². The van der Waals surface area contributed by atoms with Crippen molar-refractivity contribution < 1.29 is 9.53 Å². The highest BCUT2D eigenvalue weighted by atomic mass is 16.6. The molecular formula is C25H33N3O2. The Morgan fingerprint density at radius 1 is 1.03 bits per heavy atom. The number of amides is 1. The SMILES string of the molecule is CCCCOC(=O)N1C[C@@H]2C[C@@H](N)CN2[C@H](C(c2ccccc2)c2ccccc2)C1. The summed E-state index contributed by atoms with van der Waals surface area (Å²) in [7, 11) is 0. The molecular weight excluding hydrogens is 374 g/mol. The predicted octanol–water partition coefficient (Wildman–Crippen LogP) is 3.84. The first kappa shape index (κ1) is 20.9. The van der Waals surface area contributed by atoms with Crippen LogP contribution >= 0.6 is 0 Å². The molecule has 5 heteroatoms. The van der Waals surface area contributed by atoms with Crippen molar-refractivity contribution in [2.45, 2.75) is 50.2 Å². The van der Waals surface area contributed by atoms with Crippen LogP contribution in [0.15, 0.2) is 60.7 Å². The molecule has 1 amide bonds. The number of nitrogens with two attached hydrogens (primary N) is 1. The van der Waals surface area contributed by atoms with Crippen LogP contribution in [0, 0.1) is 0 Å². The molecule has 0 radical (unpaired) electrons. The highest BCUT2D eigenvalue weighted by Crippen LogP contribution is 2.37. The summed E-state index contributed by atoms with van der Waals surface area (Å²) in [6.07, 6.45) is 2.66. The minimum Gasteiger partial charge on any atom is -0.449 e. The molecule has 0 aromatic heterocycles. The number of carbonyl (C=O) groups is 1. The normalized spacial score (nSPS) is 24.1. The summed E-state index contributed by atoms with van der Waals surface area (Å²) in [5, 5.41) is 0. The van der Waals surface area contributed by atoms with Gasteiger partial charge in [-0.3, -0.25) is 4.90 Å². The second-order valence-electron chi connectivity index (χ2n) is 8.59. The molecule has 2 heterocycles. The van der Waals surface area contributed by atoms with Gasteiger partial charge >= 0.3 is 6.09 Å². The Balaban J connectivity index is 1.66. The van der Waals surface area contributed by atoms with E-state index in [0.29, 0.717) is 19.7 Å². The summed E-state index contributed by atoms with van der Waals surface area (Å²) in [6, 6.07) is 21.9. The second kappa shape index (κ2) is 9.63. The number of piperazine rings is 1. The summed E-state index contributed by atoms with van der Waals surface area (Å²) < 4.78 is 5.57. The summed E-state index contributed by atoms with van der Waals surface area (Å²) in [6.45, 7) is 4.83. The molecule has 0 aliphatic carbocycles. The molecule has 2 aliphatic heterocycles. The highest BCUT2D eigenvalue weighted by molar-refractivity contribution is 5.68. The smallest absolute Gasteiger partial charge is 0.409 e. The third-order valence-corrected chi connectivity index (χ3v) is 6.44. The lowest BCUT2D eigenvalue weighted by Crippen LogP contribution is -2.59. The van der Waals surface area contributed by atoms with E-state index in [0.717, 1.165) is 25.8 Å². The van der Waals surface area contributed by atoms with Crippen molar-refractivity contribution in [3.8, 4) is 0 Å². The Morgan fingerprint density at radius 2 is 1.67 bits per heavy atom. The van der Waals surface area contributed by atoms with Gasteiger partial charge < -0.3 is 15.4 Å². The monoisotopic (exact) mass is 407 g/mol. The number of rotatable bonds is 6. The fourth-order valence-corrected chi connectivity index (χ4v) is 5.02. The van der Waals surface area contributed by atoms with Gasteiger partial charge in [-0.05, 0) is 24.0 Å². The third kappa shape index (κ3) is 4.52. The standard InChI is InChI=1S/C25H33N3O2/c1-2-3-14-30-25(29)27-17-22-15-21(26)16-28(22)23(18-27)24(19-10-6-4-7-11-19)20-12-8-5-9-13-20/h4-13,21-24H,2-3,14-18,26H2,1H3/t21-,22+,23+/m1/s1. The molecule has 0 saturated carbocycles. The largest absolute Gasteiger partial charge is 0.449 e. The molecule has 3 atom stereocenters. The Hall–Kier alpha value is -2.37. The van der Waals surface area contributed by atoms with Gasteiger partial charge in [-0.2, -0.15) is 0 Å². The van der Waals surface area contributed by atoms with E-state index in [2.05, 4.69) is 72.5 Å². The quantitative estimate of drug-likeness (QED) is 0.739. The number of nitrogens with zero attached hydrogens (tertiary/aromatic N) is 2. The number of hydrogen-bond acceptors (Lipinski definition) is 4. The van der Waals surface area contributed by atoms with Crippen molar-refractivity contribution in [3.05, 3.63) is 71.8 Å². The minimum atomic E-state index is -0.187. The van der Waals surface area contributed by atoms with E-state index in [1.807, 2.05) is 4.90 Å². The maximum absolute atomic E-state index is 12.8. The Labute approximate surface area is 179 Å². The number of benzene rings is 2. The molecule has 2 aliphatic rings. The molecule has 2 saturated heterocycles. The molecule has 2 aromatic rings. The number of unbranched alkanes of at least 4 members (excludes halogenated alkanes) is 1. The molecule has 0 spiro atoms. The zero-order valence-electron chi connectivity index (χ0n) is 17.8. The fraction of sp³-hybridized carbons (Fsp3) is 0.480. The van der Waals surface area contributed by atoms with Crippen molar-refractivity contribution in [3.63, 3.8) is 0 Å². The zero-order chi connectivity index (χ0) is 20.9. The van der Waals surface area contributed by atoms with Gasteiger partial charge in [0.2, 0.25) is 0 Å².